The van der Waals surface area contributed by atoms with E-state index in [2.05, 4.69) is 12.0 Å². The Labute approximate surface area is 106 Å². The molecule has 2 rings (SSSR count). The maximum Gasteiger partial charge on any atom is 0.123 e. The number of nitrogens with zero attached hydrogens (tertiary/aromatic N) is 2. The number of hydrogen-bond acceptors (Lipinski definition) is 2. The summed E-state index contributed by atoms with van der Waals surface area (Å²) in [6, 6.07) is 6.36. The van der Waals surface area contributed by atoms with Gasteiger partial charge in [-0.2, -0.15) is 5.10 Å². The van der Waals surface area contributed by atoms with Gasteiger partial charge in [-0.05, 0) is 42.7 Å². The first kappa shape index (κ1) is 12.8. The van der Waals surface area contributed by atoms with Gasteiger partial charge < -0.3 is 5.73 Å². The third kappa shape index (κ3) is 2.43. The van der Waals surface area contributed by atoms with E-state index in [-0.39, 0.29) is 11.9 Å². The van der Waals surface area contributed by atoms with Crippen LogP contribution in [0.5, 0.6) is 0 Å². The summed E-state index contributed by atoms with van der Waals surface area (Å²) in [5, 5.41) is 4.26. The molecule has 0 aliphatic heterocycles. The number of aryl methyl sites for hydroxylation is 2. The second-order valence-electron chi connectivity index (χ2n) is 4.46. The number of hydrogen-bond donors (Lipinski definition) is 1. The Hall–Kier alpha value is -1.68. The monoisotopic (exact) mass is 247 g/mol. The molecule has 2 N–H and O–H groups in total. The Morgan fingerprint density at radius 2 is 2.17 bits per heavy atom. The standard InChI is InChI=1S/C14H18FN3/c1-3-8-18-13(6-7-17-18)14(16)12-5-4-11(15)9-10(12)2/h4-7,9,14H,3,8,16H2,1-2H3. The molecular weight excluding hydrogens is 229 g/mol. The van der Waals surface area contributed by atoms with Gasteiger partial charge in [-0.1, -0.05) is 13.0 Å². The van der Waals surface area contributed by atoms with E-state index < -0.39 is 0 Å². The van der Waals surface area contributed by atoms with Crippen molar-refractivity contribution >= 4 is 0 Å². The van der Waals surface area contributed by atoms with Gasteiger partial charge in [-0.25, -0.2) is 4.39 Å². The number of rotatable bonds is 4. The first-order valence-corrected chi connectivity index (χ1v) is 6.16. The van der Waals surface area contributed by atoms with E-state index in [9.17, 15) is 4.39 Å². The second kappa shape index (κ2) is 5.31. The lowest BCUT2D eigenvalue weighted by Gasteiger charge is -2.16. The molecular formula is C14H18FN3. The third-order valence-corrected chi connectivity index (χ3v) is 3.07. The highest BCUT2D eigenvalue weighted by molar-refractivity contribution is 5.34. The Bertz CT molecular complexity index is 534. The van der Waals surface area contributed by atoms with Crippen molar-refractivity contribution in [2.24, 2.45) is 5.73 Å². The normalized spacial score (nSPS) is 12.7. The van der Waals surface area contributed by atoms with Crippen LogP contribution in [0.4, 0.5) is 4.39 Å². The highest BCUT2D eigenvalue weighted by Gasteiger charge is 2.15. The minimum atomic E-state index is -0.264. The molecule has 1 aromatic heterocycles. The number of aromatic nitrogens is 2. The molecule has 0 saturated carbocycles. The van der Waals surface area contributed by atoms with Crippen LogP contribution in [-0.4, -0.2) is 9.78 Å². The van der Waals surface area contributed by atoms with Crippen molar-refractivity contribution in [2.75, 3.05) is 0 Å². The van der Waals surface area contributed by atoms with Gasteiger partial charge in [0.25, 0.3) is 0 Å². The molecule has 1 heterocycles. The van der Waals surface area contributed by atoms with Gasteiger partial charge in [0.1, 0.15) is 5.82 Å². The zero-order valence-corrected chi connectivity index (χ0v) is 10.7. The van der Waals surface area contributed by atoms with Crippen molar-refractivity contribution in [1.82, 2.24) is 9.78 Å². The van der Waals surface area contributed by atoms with E-state index in [4.69, 9.17) is 5.73 Å². The van der Waals surface area contributed by atoms with Crippen molar-refractivity contribution in [1.29, 1.82) is 0 Å². The van der Waals surface area contributed by atoms with Gasteiger partial charge >= 0.3 is 0 Å². The lowest BCUT2D eigenvalue weighted by molar-refractivity contribution is 0.558. The topological polar surface area (TPSA) is 43.8 Å². The van der Waals surface area contributed by atoms with E-state index in [1.165, 1.54) is 12.1 Å². The molecule has 0 aliphatic rings. The molecule has 0 amide bonds. The highest BCUT2D eigenvalue weighted by atomic mass is 19.1. The Kier molecular flexibility index (Phi) is 3.77. The van der Waals surface area contributed by atoms with Crippen molar-refractivity contribution in [3.05, 3.63) is 53.1 Å². The summed E-state index contributed by atoms with van der Waals surface area (Å²) in [5.74, 6) is -0.231. The Morgan fingerprint density at radius 1 is 1.39 bits per heavy atom. The molecule has 18 heavy (non-hydrogen) atoms. The largest absolute Gasteiger partial charge is 0.319 e. The SMILES string of the molecule is CCCn1nccc1C(N)c1ccc(F)cc1C. The molecule has 1 atom stereocenters. The van der Waals surface area contributed by atoms with Crippen LogP contribution in [0, 0.1) is 12.7 Å². The summed E-state index contributed by atoms with van der Waals surface area (Å²) in [6.07, 6.45) is 2.76. The Morgan fingerprint density at radius 3 is 2.83 bits per heavy atom. The van der Waals surface area contributed by atoms with Crippen LogP contribution in [-0.2, 0) is 6.54 Å². The smallest absolute Gasteiger partial charge is 0.123 e. The molecule has 0 saturated heterocycles. The van der Waals surface area contributed by atoms with Crippen LogP contribution < -0.4 is 5.73 Å². The van der Waals surface area contributed by atoms with Gasteiger partial charge in [0.15, 0.2) is 0 Å². The van der Waals surface area contributed by atoms with Gasteiger partial charge in [-0.15, -0.1) is 0 Å². The minimum Gasteiger partial charge on any atom is -0.319 e. The summed E-state index contributed by atoms with van der Waals surface area (Å²) in [4.78, 5) is 0. The molecule has 0 spiro atoms. The first-order chi connectivity index (χ1) is 8.63. The van der Waals surface area contributed by atoms with E-state index in [1.807, 2.05) is 17.7 Å². The van der Waals surface area contributed by atoms with Crippen molar-refractivity contribution in [3.63, 3.8) is 0 Å². The molecule has 3 nitrogen and oxygen atoms in total. The fourth-order valence-corrected chi connectivity index (χ4v) is 2.15. The van der Waals surface area contributed by atoms with Crippen LogP contribution in [0.3, 0.4) is 0 Å². The quantitative estimate of drug-likeness (QED) is 0.902. The summed E-state index contributed by atoms with van der Waals surface area (Å²) >= 11 is 0. The van der Waals surface area contributed by atoms with Crippen molar-refractivity contribution < 1.29 is 4.39 Å². The molecule has 0 aliphatic carbocycles. The van der Waals surface area contributed by atoms with Crippen molar-refractivity contribution in [3.8, 4) is 0 Å². The molecule has 4 heteroatoms. The number of benzene rings is 1. The van der Waals surface area contributed by atoms with Crippen LogP contribution in [0.2, 0.25) is 0 Å². The fourth-order valence-electron chi connectivity index (χ4n) is 2.15. The molecule has 1 aromatic carbocycles. The van der Waals surface area contributed by atoms with E-state index >= 15 is 0 Å². The maximum atomic E-state index is 13.1. The van der Waals surface area contributed by atoms with Crippen LogP contribution in [0.1, 0.15) is 36.2 Å². The predicted molar refractivity (Wildman–Crippen MR) is 69.7 cm³/mol. The van der Waals surface area contributed by atoms with Gasteiger partial charge in [0.05, 0.1) is 11.7 Å². The fraction of sp³-hybridized carbons (Fsp3) is 0.357. The summed E-state index contributed by atoms with van der Waals surface area (Å²) in [5.41, 5.74) is 9.03. The molecule has 1 unspecified atom stereocenters. The first-order valence-electron chi connectivity index (χ1n) is 6.16. The van der Waals surface area contributed by atoms with E-state index in [0.29, 0.717) is 0 Å². The molecule has 0 radical (unpaired) electrons. The summed E-state index contributed by atoms with van der Waals surface area (Å²) < 4.78 is 15.0. The highest BCUT2D eigenvalue weighted by Crippen LogP contribution is 2.23. The van der Waals surface area contributed by atoms with E-state index in [0.717, 1.165) is 29.8 Å². The third-order valence-electron chi connectivity index (χ3n) is 3.07. The summed E-state index contributed by atoms with van der Waals surface area (Å²) in [6.45, 7) is 4.81. The van der Waals surface area contributed by atoms with Crippen LogP contribution in [0.25, 0.3) is 0 Å². The number of nitrogens with two attached hydrogens (primary N) is 1. The lowest BCUT2D eigenvalue weighted by Crippen LogP contribution is -2.18. The molecule has 0 fully saturated rings. The van der Waals surface area contributed by atoms with Gasteiger partial charge in [-0.3, -0.25) is 4.68 Å². The zero-order valence-electron chi connectivity index (χ0n) is 10.7. The summed E-state index contributed by atoms with van der Waals surface area (Å²) in [7, 11) is 0. The van der Waals surface area contributed by atoms with E-state index in [1.54, 1.807) is 12.3 Å². The second-order valence-corrected chi connectivity index (χ2v) is 4.46. The average molecular weight is 247 g/mol. The predicted octanol–water partition coefficient (Wildman–Crippen LogP) is 2.79. The lowest BCUT2D eigenvalue weighted by atomic mass is 9.99. The Balaban J connectivity index is 2.35. The van der Waals surface area contributed by atoms with Crippen molar-refractivity contribution in [2.45, 2.75) is 32.9 Å². The molecule has 0 bridgehead atoms. The minimum absolute atomic E-state index is 0.231. The average Bonchev–Trinajstić information content (AvgIpc) is 2.77. The molecule has 96 valence electrons. The zero-order chi connectivity index (χ0) is 13.1. The number of halogens is 1. The van der Waals surface area contributed by atoms with Gasteiger partial charge in [0.2, 0.25) is 0 Å². The van der Waals surface area contributed by atoms with Gasteiger partial charge in [0, 0.05) is 12.7 Å². The molecule has 2 aromatic rings. The van der Waals surface area contributed by atoms with Crippen LogP contribution >= 0.6 is 0 Å². The maximum absolute atomic E-state index is 13.1. The van der Waals surface area contributed by atoms with Crippen LogP contribution in [0.15, 0.2) is 30.5 Å².